The number of nitrogens with one attached hydrogen (secondary N) is 1. The van der Waals surface area contributed by atoms with Crippen LogP contribution >= 0.6 is 0 Å². The van der Waals surface area contributed by atoms with Gasteiger partial charge < -0.3 is 24.8 Å². The molecule has 1 heterocycles. The minimum atomic E-state index is -0.788. The molecule has 2 N–H and O–H groups in total. The zero-order valence-corrected chi connectivity index (χ0v) is 19.3. The first-order chi connectivity index (χ1) is 16.1. The summed E-state index contributed by atoms with van der Waals surface area (Å²) in [7, 11) is 3.17. The van der Waals surface area contributed by atoms with E-state index >= 15 is 0 Å². The molecule has 176 valence electrons. The largest absolute Gasteiger partial charge is 0.508 e. The lowest BCUT2D eigenvalue weighted by Crippen LogP contribution is -2.52. The van der Waals surface area contributed by atoms with Crippen LogP contribution in [0.1, 0.15) is 19.4 Å². The van der Waals surface area contributed by atoms with Gasteiger partial charge in [0.15, 0.2) is 11.5 Å². The molecule has 0 saturated carbocycles. The normalized spacial score (nSPS) is 14.2. The number of nitro groups is 1. The second kappa shape index (κ2) is 8.58. The fourth-order valence-corrected chi connectivity index (χ4v) is 4.13. The summed E-state index contributed by atoms with van der Waals surface area (Å²) >= 11 is 0. The minimum absolute atomic E-state index is 0.0106. The van der Waals surface area contributed by atoms with Crippen LogP contribution in [0.3, 0.4) is 0 Å². The number of rotatable bonds is 6. The maximum Gasteiger partial charge on any atom is 0.273 e. The summed E-state index contributed by atoms with van der Waals surface area (Å²) in [4.78, 5) is 25.4. The molecule has 9 heteroatoms. The van der Waals surface area contributed by atoms with Gasteiger partial charge in [-0.05, 0) is 49.2 Å². The third-order valence-electron chi connectivity index (χ3n) is 5.81. The van der Waals surface area contributed by atoms with E-state index in [-0.39, 0.29) is 29.7 Å². The first-order valence-electron chi connectivity index (χ1n) is 10.6. The summed E-state index contributed by atoms with van der Waals surface area (Å²) in [6.45, 7) is 3.64. The number of fused-ring (bicyclic) bond motifs is 1. The number of amides is 1. The molecule has 0 atom stereocenters. The second-order valence-electron chi connectivity index (χ2n) is 8.53. The number of methoxy groups -OCH3 is 1. The number of benzene rings is 3. The molecule has 1 amide bonds. The number of phenolic OH excluding ortho intramolecular Hbond substituents is 1. The Kier molecular flexibility index (Phi) is 5.78. The van der Waals surface area contributed by atoms with E-state index in [1.165, 1.54) is 25.3 Å². The molecule has 1 aliphatic heterocycles. The van der Waals surface area contributed by atoms with Crippen LogP contribution in [0.25, 0.3) is 11.1 Å². The molecule has 0 bridgehead atoms. The van der Waals surface area contributed by atoms with Crippen LogP contribution in [-0.2, 0) is 11.4 Å². The number of phenols is 1. The average molecular weight is 463 g/mol. The van der Waals surface area contributed by atoms with Gasteiger partial charge >= 0.3 is 0 Å². The van der Waals surface area contributed by atoms with E-state index in [9.17, 15) is 20.0 Å². The zero-order valence-electron chi connectivity index (χ0n) is 19.3. The van der Waals surface area contributed by atoms with Crippen molar-refractivity contribution in [1.29, 1.82) is 0 Å². The van der Waals surface area contributed by atoms with Crippen molar-refractivity contribution >= 4 is 23.0 Å². The van der Waals surface area contributed by atoms with Crippen molar-refractivity contribution in [2.45, 2.75) is 26.0 Å². The van der Waals surface area contributed by atoms with Gasteiger partial charge in [0.1, 0.15) is 17.9 Å². The number of likely N-dealkylation sites (N-methyl/N-ethyl adjacent to an activating group) is 1. The maximum atomic E-state index is 13.0. The van der Waals surface area contributed by atoms with Crippen molar-refractivity contribution in [2.24, 2.45) is 0 Å². The summed E-state index contributed by atoms with van der Waals surface area (Å²) in [6, 6.07) is 14.7. The highest BCUT2D eigenvalue weighted by Gasteiger charge is 2.38. The smallest absolute Gasteiger partial charge is 0.273 e. The summed E-state index contributed by atoms with van der Waals surface area (Å²) in [5.41, 5.74) is 2.82. The number of carbonyl (C=O) groups excluding carboxylic acids is 1. The van der Waals surface area contributed by atoms with Crippen LogP contribution in [-0.4, -0.2) is 35.6 Å². The van der Waals surface area contributed by atoms with E-state index in [1.54, 1.807) is 36.2 Å². The lowest BCUT2D eigenvalue weighted by Gasteiger charge is -2.39. The van der Waals surface area contributed by atoms with Crippen LogP contribution in [0, 0.1) is 10.1 Å². The van der Waals surface area contributed by atoms with Gasteiger partial charge in [-0.3, -0.25) is 14.9 Å². The number of carbonyl (C=O) groups is 1. The second-order valence-corrected chi connectivity index (χ2v) is 8.53. The number of aromatic hydroxyl groups is 1. The van der Waals surface area contributed by atoms with E-state index in [0.717, 1.165) is 16.8 Å². The van der Waals surface area contributed by atoms with Crippen molar-refractivity contribution in [1.82, 2.24) is 0 Å². The molecule has 0 saturated heterocycles. The highest BCUT2D eigenvalue weighted by molar-refractivity contribution is 6.08. The van der Waals surface area contributed by atoms with Crippen molar-refractivity contribution < 1.29 is 24.3 Å². The fourth-order valence-electron chi connectivity index (χ4n) is 4.13. The molecule has 3 aromatic rings. The van der Waals surface area contributed by atoms with Crippen molar-refractivity contribution in [3.05, 3.63) is 70.3 Å². The van der Waals surface area contributed by atoms with Crippen LogP contribution in [0.5, 0.6) is 17.2 Å². The molecule has 0 fully saturated rings. The number of ether oxygens (including phenoxy) is 2. The van der Waals surface area contributed by atoms with Gasteiger partial charge in [0.2, 0.25) is 0 Å². The molecular weight excluding hydrogens is 438 g/mol. The first-order valence-corrected chi connectivity index (χ1v) is 10.6. The lowest BCUT2D eigenvalue weighted by molar-refractivity contribution is -0.385. The van der Waals surface area contributed by atoms with E-state index in [1.807, 2.05) is 26.0 Å². The first kappa shape index (κ1) is 22.9. The molecule has 0 aliphatic carbocycles. The van der Waals surface area contributed by atoms with Gasteiger partial charge in [0.25, 0.3) is 11.6 Å². The van der Waals surface area contributed by atoms with Gasteiger partial charge in [-0.25, -0.2) is 0 Å². The number of non-ortho nitro benzene ring substituents is 1. The summed E-state index contributed by atoms with van der Waals surface area (Å²) in [5.74, 6) is 0.586. The van der Waals surface area contributed by atoms with E-state index < -0.39 is 10.5 Å². The summed E-state index contributed by atoms with van der Waals surface area (Å²) < 4.78 is 11.4. The molecule has 9 nitrogen and oxygen atoms in total. The predicted molar refractivity (Wildman–Crippen MR) is 129 cm³/mol. The number of hydrogen-bond acceptors (Lipinski definition) is 7. The highest BCUT2D eigenvalue weighted by atomic mass is 16.6. The molecule has 0 spiro atoms. The standard InChI is InChI=1S/C25H25N3O6/c1-25(2)24(30)27(3)23-19(14-34-22-13-16(28(31)32)7-12-21(22)33-4)18(10-11-20(23)26-25)15-5-8-17(29)9-6-15/h5-13,26,29H,14H2,1-4H3. The number of nitrogens with zero attached hydrogens (tertiary/aromatic N) is 2. The third-order valence-corrected chi connectivity index (χ3v) is 5.81. The number of nitro benzene ring substituents is 1. The van der Waals surface area contributed by atoms with E-state index in [0.29, 0.717) is 17.0 Å². The number of hydrogen-bond donors (Lipinski definition) is 2. The molecule has 4 rings (SSSR count). The molecule has 34 heavy (non-hydrogen) atoms. The third kappa shape index (κ3) is 4.07. The Morgan fingerprint density at radius 2 is 1.79 bits per heavy atom. The van der Waals surface area contributed by atoms with Gasteiger partial charge in [0.05, 0.1) is 29.5 Å². The Balaban J connectivity index is 1.83. The topological polar surface area (TPSA) is 114 Å². The number of anilines is 2. The van der Waals surface area contributed by atoms with Gasteiger partial charge in [-0.2, -0.15) is 0 Å². The van der Waals surface area contributed by atoms with Crippen molar-refractivity contribution in [3.8, 4) is 28.4 Å². The summed E-state index contributed by atoms with van der Waals surface area (Å²) in [5, 5.41) is 24.3. The average Bonchev–Trinajstić information content (AvgIpc) is 2.81. The Bertz CT molecular complexity index is 1270. The van der Waals surface area contributed by atoms with Crippen molar-refractivity contribution in [2.75, 3.05) is 24.4 Å². The Labute approximate surface area is 196 Å². The van der Waals surface area contributed by atoms with Crippen LogP contribution in [0.15, 0.2) is 54.6 Å². The Morgan fingerprint density at radius 1 is 1.09 bits per heavy atom. The van der Waals surface area contributed by atoms with Crippen LogP contribution in [0.4, 0.5) is 17.1 Å². The Hall–Kier alpha value is -4.27. The fraction of sp³-hybridized carbons (Fsp3) is 0.240. The molecule has 3 aromatic carbocycles. The maximum absolute atomic E-state index is 13.0. The van der Waals surface area contributed by atoms with Gasteiger partial charge in [-0.1, -0.05) is 18.2 Å². The quantitative estimate of drug-likeness (QED) is 0.401. The SMILES string of the molecule is COc1ccc([N+](=O)[O-])cc1OCc1c(-c2ccc(O)cc2)ccc2c1N(C)C(=O)C(C)(C)N2. The van der Waals surface area contributed by atoms with Crippen LogP contribution < -0.4 is 19.7 Å². The molecule has 0 unspecified atom stereocenters. The van der Waals surface area contributed by atoms with E-state index in [4.69, 9.17) is 9.47 Å². The van der Waals surface area contributed by atoms with Gasteiger partial charge in [-0.15, -0.1) is 0 Å². The van der Waals surface area contributed by atoms with Crippen molar-refractivity contribution in [3.63, 3.8) is 0 Å². The highest BCUT2D eigenvalue weighted by Crippen LogP contribution is 2.43. The monoisotopic (exact) mass is 463 g/mol. The molecule has 0 radical (unpaired) electrons. The summed E-state index contributed by atoms with van der Waals surface area (Å²) in [6.07, 6.45) is 0. The molecular formula is C25H25N3O6. The van der Waals surface area contributed by atoms with Crippen LogP contribution in [0.2, 0.25) is 0 Å². The molecule has 0 aromatic heterocycles. The predicted octanol–water partition coefficient (Wildman–Crippen LogP) is 4.72. The minimum Gasteiger partial charge on any atom is -0.508 e. The lowest BCUT2D eigenvalue weighted by atomic mass is 9.92. The van der Waals surface area contributed by atoms with Gasteiger partial charge in [0, 0.05) is 18.7 Å². The molecule has 1 aliphatic rings. The van der Waals surface area contributed by atoms with E-state index in [2.05, 4.69) is 5.32 Å². The zero-order chi connectivity index (χ0) is 24.6. The Morgan fingerprint density at radius 3 is 2.44 bits per heavy atom.